The second kappa shape index (κ2) is 9.20. The number of rotatable bonds is 7. The number of thioether (sulfide) groups is 1. The van der Waals surface area contributed by atoms with Gasteiger partial charge in [0.25, 0.3) is 5.56 Å². The number of Topliss-reactive ketones (excluding diaryl/α,β-unsaturated/α-hetero) is 1. The predicted molar refractivity (Wildman–Crippen MR) is 119 cm³/mol. The molecule has 3 heterocycles. The first-order valence-corrected chi connectivity index (χ1v) is 11.9. The van der Waals surface area contributed by atoms with E-state index in [1.165, 1.54) is 11.8 Å². The van der Waals surface area contributed by atoms with E-state index in [-0.39, 0.29) is 29.8 Å². The molecule has 1 fully saturated rings. The number of thiophene rings is 1. The first-order chi connectivity index (χ1) is 14.1. The van der Waals surface area contributed by atoms with Gasteiger partial charge in [0.05, 0.1) is 30.4 Å². The van der Waals surface area contributed by atoms with E-state index >= 15 is 0 Å². The summed E-state index contributed by atoms with van der Waals surface area (Å²) >= 11 is 2.43. The van der Waals surface area contributed by atoms with Gasteiger partial charge in [-0.1, -0.05) is 32.5 Å². The third kappa shape index (κ3) is 4.78. The molecule has 0 amide bonds. The minimum absolute atomic E-state index is 0.0527. The van der Waals surface area contributed by atoms with Crippen LogP contribution >= 0.6 is 23.1 Å². The van der Waals surface area contributed by atoms with Crippen LogP contribution in [0.4, 0.5) is 0 Å². The van der Waals surface area contributed by atoms with Crippen molar-refractivity contribution >= 4 is 45.1 Å². The van der Waals surface area contributed by atoms with E-state index in [2.05, 4.69) is 4.98 Å². The number of nitrogens with zero attached hydrogens (tertiary/aromatic N) is 2. The van der Waals surface area contributed by atoms with Crippen LogP contribution in [0.25, 0.3) is 10.2 Å². The zero-order valence-electron chi connectivity index (χ0n) is 18.1. The number of carbonyl (C=O) groups is 2. The molecule has 0 radical (unpaired) electrons. The molecule has 30 heavy (non-hydrogen) atoms. The monoisotopic (exact) mass is 452 g/mol. The maximum atomic E-state index is 13.4. The van der Waals surface area contributed by atoms with Crippen LogP contribution in [0.1, 0.15) is 55.8 Å². The van der Waals surface area contributed by atoms with Gasteiger partial charge in [-0.2, -0.15) is 0 Å². The topological polar surface area (TPSA) is 87.5 Å². The number of aromatic nitrogens is 2. The number of hydrogen-bond acceptors (Lipinski definition) is 8. The number of aryl methyl sites for hydroxylation is 1. The first-order valence-electron chi connectivity index (χ1n) is 10.1. The fourth-order valence-corrected chi connectivity index (χ4v) is 5.48. The maximum Gasteiger partial charge on any atom is 0.348 e. The highest BCUT2D eigenvalue weighted by atomic mass is 32.2. The molecule has 0 bridgehead atoms. The molecule has 0 spiro atoms. The van der Waals surface area contributed by atoms with E-state index < -0.39 is 11.4 Å². The SMILES string of the molecule is CCOC(=O)c1sc2nc(SCC(=O)C(C)(C)C)n(CC3CCCO3)c(=O)c2c1C. The number of ether oxygens (including phenoxy) is 2. The molecule has 1 aliphatic rings. The van der Waals surface area contributed by atoms with Gasteiger partial charge in [-0.05, 0) is 32.3 Å². The van der Waals surface area contributed by atoms with Crippen LogP contribution in [0, 0.1) is 12.3 Å². The fourth-order valence-electron chi connectivity index (χ4n) is 3.20. The van der Waals surface area contributed by atoms with Gasteiger partial charge < -0.3 is 9.47 Å². The Morgan fingerprint density at radius 2 is 2.10 bits per heavy atom. The van der Waals surface area contributed by atoms with Crippen molar-refractivity contribution < 1.29 is 19.1 Å². The van der Waals surface area contributed by atoms with Gasteiger partial charge in [0.2, 0.25) is 0 Å². The van der Waals surface area contributed by atoms with Crippen molar-refractivity contribution in [3.8, 4) is 0 Å². The first kappa shape index (κ1) is 23.0. The van der Waals surface area contributed by atoms with Gasteiger partial charge in [0.15, 0.2) is 5.16 Å². The molecule has 164 valence electrons. The van der Waals surface area contributed by atoms with Crippen LogP contribution in [-0.4, -0.2) is 46.4 Å². The second-order valence-corrected chi connectivity index (χ2v) is 10.3. The minimum Gasteiger partial charge on any atom is -0.462 e. The van der Waals surface area contributed by atoms with Crippen molar-refractivity contribution in [1.82, 2.24) is 9.55 Å². The number of carbonyl (C=O) groups excluding carboxylic acids is 2. The molecule has 1 unspecified atom stereocenters. The van der Waals surface area contributed by atoms with Crippen molar-refractivity contribution in [2.75, 3.05) is 19.0 Å². The molecule has 7 nitrogen and oxygen atoms in total. The molecule has 9 heteroatoms. The summed E-state index contributed by atoms with van der Waals surface area (Å²) in [6.45, 7) is 10.5. The van der Waals surface area contributed by atoms with Crippen molar-refractivity contribution in [3.05, 3.63) is 20.8 Å². The van der Waals surface area contributed by atoms with E-state index in [0.29, 0.717) is 39.0 Å². The van der Waals surface area contributed by atoms with Gasteiger partial charge >= 0.3 is 5.97 Å². The number of esters is 1. The van der Waals surface area contributed by atoms with E-state index in [9.17, 15) is 14.4 Å². The molecule has 1 saturated heterocycles. The predicted octanol–water partition coefficient (Wildman–Crippen LogP) is 3.83. The van der Waals surface area contributed by atoms with Gasteiger partial charge in [0.1, 0.15) is 15.5 Å². The van der Waals surface area contributed by atoms with Crippen LogP contribution in [0.2, 0.25) is 0 Å². The lowest BCUT2D eigenvalue weighted by atomic mass is 9.92. The summed E-state index contributed by atoms with van der Waals surface area (Å²) in [5.74, 6) is -0.137. The van der Waals surface area contributed by atoms with Crippen LogP contribution in [-0.2, 0) is 20.8 Å². The zero-order valence-corrected chi connectivity index (χ0v) is 19.7. The van der Waals surface area contributed by atoms with Crippen LogP contribution in [0.5, 0.6) is 0 Å². The van der Waals surface area contributed by atoms with Crippen molar-refractivity contribution in [1.29, 1.82) is 0 Å². The minimum atomic E-state index is -0.465. The Labute approximate surface area is 184 Å². The maximum absolute atomic E-state index is 13.4. The number of fused-ring (bicyclic) bond motifs is 1. The average Bonchev–Trinajstić information content (AvgIpc) is 3.29. The molecule has 3 rings (SSSR count). The highest BCUT2D eigenvalue weighted by molar-refractivity contribution is 7.99. The Morgan fingerprint density at radius 3 is 2.70 bits per heavy atom. The molecular formula is C21H28N2O5S2. The van der Waals surface area contributed by atoms with Crippen molar-refractivity contribution in [3.63, 3.8) is 0 Å². The summed E-state index contributed by atoms with van der Waals surface area (Å²) in [4.78, 5) is 43.7. The van der Waals surface area contributed by atoms with Gasteiger partial charge in [-0.3, -0.25) is 14.2 Å². The molecule has 0 N–H and O–H groups in total. The average molecular weight is 453 g/mol. The van der Waals surface area contributed by atoms with Gasteiger partial charge in [0, 0.05) is 12.0 Å². The quantitative estimate of drug-likeness (QED) is 0.358. The normalized spacial score (nSPS) is 16.9. The Balaban J connectivity index is 2.06. The fraction of sp³-hybridized carbons (Fsp3) is 0.619. The summed E-state index contributed by atoms with van der Waals surface area (Å²) in [7, 11) is 0. The smallest absolute Gasteiger partial charge is 0.348 e. The largest absolute Gasteiger partial charge is 0.462 e. The number of ketones is 1. The Hall–Kier alpha value is -1.71. The van der Waals surface area contributed by atoms with Crippen molar-refractivity contribution in [2.45, 2.75) is 65.3 Å². The van der Waals surface area contributed by atoms with E-state index in [4.69, 9.17) is 9.47 Å². The van der Waals surface area contributed by atoms with Gasteiger partial charge in [-0.15, -0.1) is 11.3 Å². The lowest BCUT2D eigenvalue weighted by molar-refractivity contribution is -0.123. The van der Waals surface area contributed by atoms with Crippen LogP contribution < -0.4 is 5.56 Å². The second-order valence-electron chi connectivity index (χ2n) is 8.36. The standard InChI is InChI=1S/C21H28N2O5S2/c1-6-27-19(26)16-12(2)15-17(30-16)22-20(29-11-14(24)21(3,4)5)23(18(15)25)10-13-8-7-9-28-13/h13H,6-11H2,1-5H3. The summed E-state index contributed by atoms with van der Waals surface area (Å²) in [5, 5.41) is 0.921. The third-order valence-electron chi connectivity index (χ3n) is 5.06. The molecule has 2 aromatic rings. The van der Waals surface area contributed by atoms with E-state index in [0.717, 1.165) is 24.2 Å². The lowest BCUT2D eigenvalue weighted by Gasteiger charge is -2.18. The highest BCUT2D eigenvalue weighted by Gasteiger charge is 2.26. The molecule has 1 atom stereocenters. The Kier molecular flexibility index (Phi) is 7.04. The molecule has 0 aliphatic carbocycles. The zero-order chi connectivity index (χ0) is 22.1. The lowest BCUT2D eigenvalue weighted by Crippen LogP contribution is -2.29. The van der Waals surface area contributed by atoms with Crippen LogP contribution in [0.3, 0.4) is 0 Å². The molecule has 1 aliphatic heterocycles. The summed E-state index contributed by atoms with van der Waals surface area (Å²) in [6.07, 6.45) is 1.79. The van der Waals surface area contributed by atoms with E-state index in [1.54, 1.807) is 18.4 Å². The van der Waals surface area contributed by atoms with E-state index in [1.807, 2.05) is 20.8 Å². The molecule has 0 saturated carbocycles. The van der Waals surface area contributed by atoms with Gasteiger partial charge in [-0.25, -0.2) is 9.78 Å². The number of hydrogen-bond donors (Lipinski definition) is 0. The molecule has 2 aromatic heterocycles. The summed E-state index contributed by atoms with van der Waals surface area (Å²) < 4.78 is 12.5. The molecule has 0 aromatic carbocycles. The summed E-state index contributed by atoms with van der Waals surface area (Å²) in [6, 6.07) is 0. The van der Waals surface area contributed by atoms with Crippen LogP contribution in [0.15, 0.2) is 9.95 Å². The Bertz CT molecular complexity index is 1010. The molecular weight excluding hydrogens is 424 g/mol. The third-order valence-corrected chi connectivity index (χ3v) is 7.20. The van der Waals surface area contributed by atoms with Crippen molar-refractivity contribution in [2.24, 2.45) is 5.41 Å². The Morgan fingerprint density at radius 1 is 1.37 bits per heavy atom. The summed E-state index contributed by atoms with van der Waals surface area (Å²) in [5.41, 5.74) is -0.0761. The highest BCUT2D eigenvalue weighted by Crippen LogP contribution is 2.31.